The van der Waals surface area contributed by atoms with Crippen LogP contribution in [0.4, 0.5) is 26.3 Å². The van der Waals surface area contributed by atoms with Crippen LogP contribution in [0.3, 0.4) is 0 Å². The summed E-state index contributed by atoms with van der Waals surface area (Å²) in [5, 5.41) is 8.84. The molecule has 0 unspecified atom stereocenters. The van der Waals surface area contributed by atoms with Gasteiger partial charge in [0.2, 0.25) is 5.82 Å². The molecule has 0 fully saturated rings. The molecule has 0 saturated heterocycles. The quantitative estimate of drug-likeness (QED) is 0.792. The van der Waals surface area contributed by atoms with Crippen molar-refractivity contribution in [3.8, 4) is 0 Å². The van der Waals surface area contributed by atoms with Gasteiger partial charge in [-0.2, -0.15) is 26.3 Å². The minimum absolute atomic E-state index is 0.240. The smallest absolute Gasteiger partial charge is 0.471 e. The van der Waals surface area contributed by atoms with Gasteiger partial charge in [0.05, 0.1) is 12.2 Å². The van der Waals surface area contributed by atoms with Crippen molar-refractivity contribution in [1.82, 2.24) is 14.5 Å². The summed E-state index contributed by atoms with van der Waals surface area (Å²) in [6.07, 6.45) is -10.2. The van der Waals surface area contributed by atoms with Crippen molar-refractivity contribution < 1.29 is 41.0 Å². The lowest BCUT2D eigenvalue weighted by Gasteiger charge is -2.29. The highest BCUT2D eigenvalue weighted by atomic mass is 19.4. The van der Waals surface area contributed by atoms with E-state index in [1.165, 1.54) is 0 Å². The number of amides is 1. The number of carbonyl (C=O) groups is 2. The fourth-order valence-electron chi connectivity index (χ4n) is 2.11. The third-order valence-corrected chi connectivity index (χ3v) is 2.99. The number of hydrogen-bond acceptors (Lipinski definition) is 3. The van der Waals surface area contributed by atoms with Crippen LogP contribution < -0.4 is 0 Å². The van der Waals surface area contributed by atoms with Crippen molar-refractivity contribution in [3.05, 3.63) is 17.2 Å². The van der Waals surface area contributed by atoms with E-state index in [4.69, 9.17) is 5.11 Å². The molecule has 0 bridgehead atoms. The summed E-state index contributed by atoms with van der Waals surface area (Å²) in [5.74, 6) is -5.58. The van der Waals surface area contributed by atoms with Crippen LogP contribution in [-0.2, 0) is 24.1 Å². The predicted molar refractivity (Wildman–Crippen MR) is 55.7 cm³/mol. The molecule has 122 valence electrons. The molecule has 0 atom stereocenters. The first-order valence-electron chi connectivity index (χ1n) is 5.69. The van der Waals surface area contributed by atoms with Crippen LogP contribution in [-0.4, -0.2) is 44.2 Å². The number of halogens is 6. The lowest BCUT2D eigenvalue weighted by molar-refractivity contribution is -0.187. The lowest BCUT2D eigenvalue weighted by Crippen LogP contribution is -2.45. The summed E-state index contributed by atoms with van der Waals surface area (Å²) in [6, 6.07) is 0. The standard InChI is InChI=1S/C10H7F6N3O3/c11-9(12,13)7-17-5(6(20)21)4-3-18(1-2-19(4)7)8(22)10(14,15)16/h1-3H2,(H,20,21). The topological polar surface area (TPSA) is 75.4 Å². The van der Waals surface area contributed by atoms with Gasteiger partial charge in [-0.05, 0) is 0 Å². The van der Waals surface area contributed by atoms with Gasteiger partial charge in [0.1, 0.15) is 0 Å². The minimum atomic E-state index is -5.20. The third-order valence-electron chi connectivity index (χ3n) is 2.99. The monoisotopic (exact) mass is 331 g/mol. The molecule has 1 aromatic heterocycles. The van der Waals surface area contributed by atoms with Crippen LogP contribution in [0.2, 0.25) is 0 Å². The van der Waals surface area contributed by atoms with E-state index in [2.05, 4.69) is 4.98 Å². The molecule has 1 aliphatic heterocycles. The molecule has 6 nitrogen and oxygen atoms in total. The van der Waals surface area contributed by atoms with Crippen molar-refractivity contribution in [3.63, 3.8) is 0 Å². The normalized spacial score (nSPS) is 15.6. The zero-order valence-corrected chi connectivity index (χ0v) is 10.5. The fourth-order valence-corrected chi connectivity index (χ4v) is 2.11. The molecule has 0 spiro atoms. The van der Waals surface area contributed by atoms with E-state index >= 15 is 0 Å². The Morgan fingerprint density at radius 1 is 1.09 bits per heavy atom. The van der Waals surface area contributed by atoms with Crippen molar-refractivity contribution in [2.75, 3.05) is 6.54 Å². The first-order valence-corrected chi connectivity index (χ1v) is 5.69. The molecule has 12 heteroatoms. The zero-order chi connectivity index (χ0) is 16.9. The van der Waals surface area contributed by atoms with E-state index in [1.807, 2.05) is 0 Å². The summed E-state index contributed by atoms with van der Waals surface area (Å²) in [7, 11) is 0. The number of aromatic carboxylic acids is 1. The van der Waals surface area contributed by atoms with Crippen LogP contribution in [0.15, 0.2) is 0 Å². The Bertz CT molecular complexity index is 633. The van der Waals surface area contributed by atoms with E-state index in [1.54, 1.807) is 0 Å². The first-order chi connectivity index (χ1) is 9.93. The summed E-state index contributed by atoms with van der Waals surface area (Å²) in [6.45, 7) is -2.18. The summed E-state index contributed by atoms with van der Waals surface area (Å²) < 4.78 is 75.8. The molecule has 22 heavy (non-hydrogen) atoms. The fraction of sp³-hybridized carbons (Fsp3) is 0.500. The summed E-state index contributed by atoms with van der Waals surface area (Å²) >= 11 is 0. The van der Waals surface area contributed by atoms with Crippen LogP contribution in [0.25, 0.3) is 0 Å². The van der Waals surface area contributed by atoms with Crippen molar-refractivity contribution in [2.45, 2.75) is 25.4 Å². The second-order valence-electron chi connectivity index (χ2n) is 4.41. The number of carboxylic acid groups (broad SMARTS) is 1. The van der Waals surface area contributed by atoms with Crippen molar-refractivity contribution >= 4 is 11.9 Å². The SMILES string of the molecule is O=C(O)c1nc(C(F)(F)F)n2c1CN(C(=O)C(F)(F)F)CC2. The molecule has 0 saturated carbocycles. The molecule has 1 N–H and O–H groups in total. The molecule has 0 aromatic carbocycles. The Morgan fingerprint density at radius 3 is 2.14 bits per heavy atom. The Kier molecular flexibility index (Phi) is 3.57. The average Bonchev–Trinajstić information content (AvgIpc) is 2.75. The Balaban J connectivity index is 2.45. The number of carbonyl (C=O) groups excluding carboxylic acids is 1. The van der Waals surface area contributed by atoms with Gasteiger partial charge < -0.3 is 14.6 Å². The van der Waals surface area contributed by atoms with Crippen molar-refractivity contribution in [2.24, 2.45) is 0 Å². The predicted octanol–water partition coefficient (Wildman–Crippen LogP) is 1.50. The molecule has 0 aliphatic carbocycles. The van der Waals surface area contributed by atoms with E-state index in [9.17, 15) is 35.9 Å². The summed E-state index contributed by atoms with van der Waals surface area (Å²) in [4.78, 5) is 25.2. The number of hydrogen-bond donors (Lipinski definition) is 1. The third kappa shape index (κ3) is 2.72. The molecule has 2 heterocycles. The Labute approximate surface area is 117 Å². The van der Waals surface area contributed by atoms with Crippen LogP contribution in [0.5, 0.6) is 0 Å². The van der Waals surface area contributed by atoms with Gasteiger partial charge in [-0.3, -0.25) is 4.79 Å². The highest BCUT2D eigenvalue weighted by Gasteiger charge is 2.46. The van der Waals surface area contributed by atoms with Gasteiger partial charge in [0, 0.05) is 13.1 Å². The van der Waals surface area contributed by atoms with E-state index < -0.39 is 61.1 Å². The average molecular weight is 331 g/mol. The van der Waals surface area contributed by atoms with Crippen LogP contribution >= 0.6 is 0 Å². The van der Waals surface area contributed by atoms with E-state index in [0.29, 0.717) is 4.57 Å². The highest BCUT2D eigenvalue weighted by Crippen LogP contribution is 2.33. The maximum atomic E-state index is 12.8. The number of aromatic nitrogens is 2. The second-order valence-corrected chi connectivity index (χ2v) is 4.41. The molecular formula is C10H7F6N3O3. The number of alkyl halides is 6. The van der Waals surface area contributed by atoms with Crippen molar-refractivity contribution in [1.29, 1.82) is 0 Å². The second kappa shape index (κ2) is 4.88. The van der Waals surface area contributed by atoms with Gasteiger partial charge in [0.15, 0.2) is 5.69 Å². The largest absolute Gasteiger partial charge is 0.476 e. The first kappa shape index (κ1) is 16.1. The maximum Gasteiger partial charge on any atom is 0.471 e. The number of imidazole rings is 1. The number of fused-ring (bicyclic) bond motifs is 1. The molecular weight excluding hydrogens is 324 g/mol. The van der Waals surface area contributed by atoms with E-state index in [0.717, 1.165) is 0 Å². The van der Waals surface area contributed by atoms with Gasteiger partial charge in [-0.15, -0.1) is 0 Å². The lowest BCUT2D eigenvalue weighted by atomic mass is 10.2. The zero-order valence-electron chi connectivity index (χ0n) is 10.5. The Morgan fingerprint density at radius 2 is 1.68 bits per heavy atom. The minimum Gasteiger partial charge on any atom is -0.476 e. The Hall–Kier alpha value is -2.27. The van der Waals surface area contributed by atoms with Gasteiger partial charge in [0.25, 0.3) is 0 Å². The molecule has 2 rings (SSSR count). The molecule has 0 radical (unpaired) electrons. The molecule has 1 amide bonds. The molecule has 1 aromatic rings. The number of rotatable bonds is 1. The van der Waals surface area contributed by atoms with Crippen LogP contribution in [0, 0.1) is 0 Å². The summed E-state index contributed by atoms with van der Waals surface area (Å²) in [5.41, 5.74) is -1.62. The van der Waals surface area contributed by atoms with Gasteiger partial charge in [-0.25, -0.2) is 9.78 Å². The maximum absolute atomic E-state index is 12.8. The number of nitrogens with zero attached hydrogens (tertiary/aromatic N) is 3. The van der Waals surface area contributed by atoms with Crippen LogP contribution in [0.1, 0.15) is 22.0 Å². The highest BCUT2D eigenvalue weighted by molar-refractivity contribution is 5.87. The molecule has 1 aliphatic rings. The van der Waals surface area contributed by atoms with Gasteiger partial charge in [-0.1, -0.05) is 0 Å². The number of carboxylic acids is 1. The van der Waals surface area contributed by atoms with E-state index in [-0.39, 0.29) is 4.90 Å². The van der Waals surface area contributed by atoms with Gasteiger partial charge >= 0.3 is 24.2 Å².